The van der Waals surface area contributed by atoms with Gasteiger partial charge in [0.2, 0.25) is 0 Å². The van der Waals surface area contributed by atoms with Crippen LogP contribution in [0.2, 0.25) is 5.02 Å². The molecule has 0 radical (unpaired) electrons. The van der Waals surface area contributed by atoms with Crippen LogP contribution >= 0.6 is 35.6 Å². The van der Waals surface area contributed by atoms with E-state index in [1.54, 1.807) is 12.1 Å². The van der Waals surface area contributed by atoms with Crippen LogP contribution in [0.3, 0.4) is 0 Å². The third-order valence-corrected chi connectivity index (χ3v) is 7.93. The standard InChI is InChI=1S/C28H25ClN4O2S2/c29-22-10-6-20(7-11-22)18-25-27(35)33(28(36)37-25)19-30-23-12-8-21(9-13-23)26(34)32-16-14-31(15-17-32)24-4-2-1-3-5-24/h1-13,18,30H,14-17,19H2/b25-18+. The second kappa shape index (κ2) is 11.4. The topological polar surface area (TPSA) is 55.9 Å². The van der Waals surface area contributed by atoms with Gasteiger partial charge in [0.1, 0.15) is 4.32 Å². The zero-order valence-corrected chi connectivity index (χ0v) is 22.4. The molecule has 37 heavy (non-hydrogen) atoms. The van der Waals surface area contributed by atoms with Gasteiger partial charge in [0.25, 0.3) is 11.8 Å². The lowest BCUT2D eigenvalue weighted by molar-refractivity contribution is -0.121. The molecule has 0 saturated carbocycles. The SMILES string of the molecule is O=C(c1ccc(NCN2C(=O)/C(=C\c3ccc(Cl)cc3)SC2=S)cc1)N1CCN(c2ccccc2)CC1. The Hall–Kier alpha value is -3.33. The number of hydrogen-bond donors (Lipinski definition) is 1. The van der Waals surface area contributed by atoms with Crippen molar-refractivity contribution in [2.24, 2.45) is 0 Å². The fourth-order valence-electron chi connectivity index (χ4n) is 4.24. The second-order valence-electron chi connectivity index (χ2n) is 8.69. The molecule has 0 spiro atoms. The molecule has 0 unspecified atom stereocenters. The first-order valence-corrected chi connectivity index (χ1v) is 13.5. The molecule has 3 aromatic carbocycles. The molecule has 2 fully saturated rings. The lowest BCUT2D eigenvalue weighted by atomic mass is 10.1. The first kappa shape index (κ1) is 25.3. The van der Waals surface area contributed by atoms with E-state index in [-0.39, 0.29) is 18.5 Å². The van der Waals surface area contributed by atoms with Gasteiger partial charge in [0.05, 0.1) is 11.6 Å². The summed E-state index contributed by atoms with van der Waals surface area (Å²) in [6.07, 6.45) is 1.82. The van der Waals surface area contributed by atoms with Crippen molar-refractivity contribution in [1.82, 2.24) is 9.80 Å². The van der Waals surface area contributed by atoms with Gasteiger partial charge in [0.15, 0.2) is 0 Å². The quantitative estimate of drug-likeness (QED) is 0.321. The third-order valence-electron chi connectivity index (χ3n) is 6.30. The van der Waals surface area contributed by atoms with Gasteiger partial charge in [-0.05, 0) is 60.2 Å². The molecule has 2 aliphatic heterocycles. The molecule has 188 valence electrons. The Bertz CT molecular complexity index is 1320. The Kier molecular flexibility index (Phi) is 7.79. The fourth-order valence-corrected chi connectivity index (χ4v) is 5.62. The number of piperazine rings is 1. The van der Waals surface area contributed by atoms with Crippen LogP contribution in [0.4, 0.5) is 11.4 Å². The summed E-state index contributed by atoms with van der Waals surface area (Å²) in [6, 6.07) is 24.9. The first-order valence-electron chi connectivity index (χ1n) is 11.9. The highest BCUT2D eigenvalue weighted by Gasteiger charge is 2.31. The molecule has 6 nitrogen and oxygen atoms in total. The number of rotatable bonds is 6. The molecule has 2 aliphatic rings. The minimum Gasteiger partial charge on any atom is -0.368 e. The van der Waals surface area contributed by atoms with Crippen LogP contribution in [-0.2, 0) is 4.79 Å². The van der Waals surface area contributed by atoms with Gasteiger partial charge >= 0.3 is 0 Å². The van der Waals surface area contributed by atoms with E-state index in [0.717, 1.165) is 24.3 Å². The van der Waals surface area contributed by atoms with Gasteiger partial charge in [-0.3, -0.25) is 14.5 Å². The number of thioether (sulfide) groups is 1. The summed E-state index contributed by atoms with van der Waals surface area (Å²) in [4.78, 5) is 32.2. The van der Waals surface area contributed by atoms with Crippen molar-refractivity contribution in [2.75, 3.05) is 43.1 Å². The molecule has 3 aromatic rings. The van der Waals surface area contributed by atoms with Crippen molar-refractivity contribution in [1.29, 1.82) is 0 Å². The number of para-hydroxylation sites is 1. The number of carbonyl (C=O) groups excluding carboxylic acids is 2. The predicted octanol–water partition coefficient (Wildman–Crippen LogP) is 5.57. The lowest BCUT2D eigenvalue weighted by Crippen LogP contribution is -2.48. The number of amides is 2. The summed E-state index contributed by atoms with van der Waals surface area (Å²) in [7, 11) is 0. The van der Waals surface area contributed by atoms with Gasteiger partial charge in [0, 0.05) is 48.1 Å². The summed E-state index contributed by atoms with van der Waals surface area (Å²) in [6.45, 7) is 3.24. The van der Waals surface area contributed by atoms with Crippen LogP contribution in [-0.4, -0.2) is 58.8 Å². The highest BCUT2D eigenvalue weighted by Crippen LogP contribution is 2.32. The van der Waals surface area contributed by atoms with Gasteiger partial charge in [-0.15, -0.1) is 0 Å². The van der Waals surface area contributed by atoms with E-state index in [1.807, 2.05) is 65.6 Å². The van der Waals surface area contributed by atoms with E-state index < -0.39 is 0 Å². The number of nitrogens with zero attached hydrogens (tertiary/aromatic N) is 3. The largest absolute Gasteiger partial charge is 0.368 e. The van der Waals surface area contributed by atoms with Crippen molar-refractivity contribution in [3.8, 4) is 0 Å². The average molecular weight is 549 g/mol. The first-order chi connectivity index (χ1) is 18.0. The Balaban J connectivity index is 1.14. The number of halogens is 1. The zero-order chi connectivity index (χ0) is 25.8. The van der Waals surface area contributed by atoms with E-state index >= 15 is 0 Å². The normalized spacial score (nSPS) is 17.0. The van der Waals surface area contributed by atoms with E-state index in [9.17, 15) is 9.59 Å². The maximum Gasteiger partial charge on any atom is 0.267 e. The Morgan fingerprint density at radius 3 is 2.30 bits per heavy atom. The fraction of sp³-hybridized carbons (Fsp3) is 0.179. The number of anilines is 2. The molecule has 2 heterocycles. The third kappa shape index (κ3) is 5.98. The molecule has 2 amide bonds. The molecule has 1 N–H and O–H groups in total. The highest BCUT2D eigenvalue weighted by molar-refractivity contribution is 8.26. The second-order valence-corrected chi connectivity index (χ2v) is 10.8. The number of benzene rings is 3. The molecule has 9 heteroatoms. The minimum atomic E-state index is -0.140. The van der Waals surface area contributed by atoms with Gasteiger partial charge in [-0.2, -0.15) is 0 Å². The molecular weight excluding hydrogens is 524 g/mol. The summed E-state index contributed by atoms with van der Waals surface area (Å²) in [5.41, 5.74) is 3.53. The van der Waals surface area contributed by atoms with E-state index in [4.69, 9.17) is 23.8 Å². The summed E-state index contributed by atoms with van der Waals surface area (Å²) < 4.78 is 0.499. The van der Waals surface area contributed by atoms with E-state index in [0.29, 0.717) is 32.9 Å². The van der Waals surface area contributed by atoms with Crippen LogP contribution in [0.1, 0.15) is 15.9 Å². The zero-order valence-electron chi connectivity index (χ0n) is 20.0. The monoisotopic (exact) mass is 548 g/mol. The van der Waals surface area contributed by atoms with Crippen LogP contribution in [0.25, 0.3) is 6.08 Å². The van der Waals surface area contributed by atoms with Crippen molar-refractivity contribution in [3.63, 3.8) is 0 Å². The van der Waals surface area contributed by atoms with Crippen LogP contribution < -0.4 is 10.2 Å². The lowest BCUT2D eigenvalue weighted by Gasteiger charge is -2.36. The van der Waals surface area contributed by atoms with Crippen molar-refractivity contribution >= 4 is 69.2 Å². The molecule has 0 aliphatic carbocycles. The summed E-state index contributed by atoms with van der Waals surface area (Å²) in [5, 5.41) is 3.88. The van der Waals surface area contributed by atoms with Crippen molar-refractivity contribution in [2.45, 2.75) is 0 Å². The Labute approximate surface area is 230 Å². The summed E-state index contributed by atoms with van der Waals surface area (Å²) >= 11 is 12.6. The maximum atomic E-state index is 13.0. The van der Waals surface area contributed by atoms with Gasteiger partial charge < -0.3 is 15.1 Å². The molecule has 0 aromatic heterocycles. The predicted molar refractivity (Wildman–Crippen MR) is 156 cm³/mol. The number of carbonyl (C=O) groups is 2. The number of thiocarbonyl (C=S) groups is 1. The highest BCUT2D eigenvalue weighted by atomic mass is 35.5. The molecule has 0 bridgehead atoms. The van der Waals surface area contributed by atoms with E-state index in [2.05, 4.69) is 22.3 Å². The number of nitrogens with one attached hydrogen (secondary N) is 1. The molecule has 0 atom stereocenters. The Morgan fingerprint density at radius 1 is 0.946 bits per heavy atom. The van der Waals surface area contributed by atoms with Crippen molar-refractivity contribution in [3.05, 3.63) is 99.9 Å². The molecule has 5 rings (SSSR count). The Morgan fingerprint density at radius 2 is 1.62 bits per heavy atom. The molecule has 2 saturated heterocycles. The molecular formula is C28H25ClN4O2S2. The van der Waals surface area contributed by atoms with Crippen molar-refractivity contribution < 1.29 is 9.59 Å². The summed E-state index contributed by atoms with van der Waals surface area (Å²) in [5.74, 6) is -0.109. The maximum absolute atomic E-state index is 13.0. The van der Waals surface area contributed by atoms with Gasteiger partial charge in [-0.25, -0.2) is 0 Å². The van der Waals surface area contributed by atoms with Crippen LogP contribution in [0, 0.1) is 0 Å². The van der Waals surface area contributed by atoms with E-state index in [1.165, 1.54) is 22.3 Å². The minimum absolute atomic E-state index is 0.0311. The smallest absolute Gasteiger partial charge is 0.267 e. The van der Waals surface area contributed by atoms with Gasteiger partial charge in [-0.1, -0.05) is 65.9 Å². The van der Waals surface area contributed by atoms with Crippen LogP contribution in [0.5, 0.6) is 0 Å². The van der Waals surface area contributed by atoms with Crippen LogP contribution in [0.15, 0.2) is 83.8 Å². The number of hydrogen-bond acceptors (Lipinski definition) is 6. The average Bonchev–Trinajstić information content (AvgIpc) is 3.20.